The third-order valence-corrected chi connectivity index (χ3v) is 4.88. The molecule has 1 unspecified atom stereocenters. The summed E-state index contributed by atoms with van der Waals surface area (Å²) in [5.74, 6) is 3.11. The van der Waals surface area contributed by atoms with Crippen molar-refractivity contribution in [2.75, 3.05) is 0 Å². The fourth-order valence-electron chi connectivity index (χ4n) is 3.28. The predicted octanol–water partition coefficient (Wildman–Crippen LogP) is 3.08. The highest BCUT2D eigenvalue weighted by molar-refractivity contribution is 5.95. The van der Waals surface area contributed by atoms with E-state index in [1.165, 1.54) is 0 Å². The Bertz CT molecular complexity index is 984. The number of hydrogen-bond acceptors (Lipinski definition) is 5. The second-order valence-corrected chi connectivity index (χ2v) is 6.95. The van der Waals surface area contributed by atoms with Gasteiger partial charge < -0.3 is 10.1 Å². The summed E-state index contributed by atoms with van der Waals surface area (Å²) >= 11 is 0. The van der Waals surface area contributed by atoms with Crippen molar-refractivity contribution in [2.24, 2.45) is 0 Å². The minimum absolute atomic E-state index is 0.0391. The van der Waals surface area contributed by atoms with Crippen molar-refractivity contribution in [3.05, 3.63) is 65.5 Å². The topological polar surface area (TPSA) is 81.9 Å². The average Bonchev–Trinajstić information content (AvgIpc) is 3.13. The Hall–Kier alpha value is -3.22. The number of rotatable bonds is 5. The van der Waals surface area contributed by atoms with Gasteiger partial charge in [-0.1, -0.05) is 13.0 Å². The summed E-state index contributed by atoms with van der Waals surface area (Å²) in [7, 11) is 0. The van der Waals surface area contributed by atoms with Crippen molar-refractivity contribution < 1.29 is 9.53 Å². The molecule has 1 aliphatic heterocycles. The molecule has 3 heterocycles. The Balaban J connectivity index is 1.45. The van der Waals surface area contributed by atoms with Gasteiger partial charge in [0.15, 0.2) is 5.82 Å². The zero-order valence-electron chi connectivity index (χ0n) is 16.1. The molecule has 7 heteroatoms. The standard InChI is InChI=1S/C21H23N5O2/c1-3-19-24-20-7-6-16(13-26(20)25-19)23-21(27)15-5-4-14(2)18(12-15)28-17-8-10-22-11-9-17/h4-5,8-12,16H,3,6-7,13H2,1-2H3,(H,23,27). The maximum absolute atomic E-state index is 12.8. The number of aromatic nitrogens is 4. The Labute approximate surface area is 163 Å². The SMILES string of the molecule is CCc1nc2n(n1)CC(NC(=O)c1ccc(C)c(Oc3ccncc3)c1)CC2. The summed E-state index contributed by atoms with van der Waals surface area (Å²) in [6.45, 7) is 4.65. The molecule has 0 spiro atoms. The molecule has 0 saturated carbocycles. The molecule has 0 bridgehead atoms. The molecule has 1 atom stereocenters. The van der Waals surface area contributed by atoms with E-state index in [4.69, 9.17) is 4.74 Å². The van der Waals surface area contributed by atoms with Crippen LogP contribution in [0.25, 0.3) is 0 Å². The highest BCUT2D eigenvalue weighted by atomic mass is 16.5. The lowest BCUT2D eigenvalue weighted by Crippen LogP contribution is -2.41. The van der Waals surface area contributed by atoms with Crippen molar-refractivity contribution >= 4 is 5.91 Å². The molecule has 2 aromatic heterocycles. The number of carbonyl (C=O) groups excluding carboxylic acids is 1. The van der Waals surface area contributed by atoms with Gasteiger partial charge in [-0.3, -0.25) is 9.78 Å². The van der Waals surface area contributed by atoms with Crippen LogP contribution in [0.2, 0.25) is 0 Å². The Morgan fingerprint density at radius 2 is 2.11 bits per heavy atom. The number of amides is 1. The summed E-state index contributed by atoms with van der Waals surface area (Å²) in [4.78, 5) is 21.3. The van der Waals surface area contributed by atoms with E-state index in [1.807, 2.05) is 30.7 Å². The highest BCUT2D eigenvalue weighted by Crippen LogP contribution is 2.26. The molecule has 1 aromatic carbocycles. The lowest BCUT2D eigenvalue weighted by atomic mass is 10.1. The monoisotopic (exact) mass is 377 g/mol. The zero-order chi connectivity index (χ0) is 19.5. The van der Waals surface area contributed by atoms with E-state index in [2.05, 4.69) is 20.4 Å². The maximum Gasteiger partial charge on any atom is 0.251 e. The highest BCUT2D eigenvalue weighted by Gasteiger charge is 2.23. The number of nitrogens with zero attached hydrogens (tertiary/aromatic N) is 4. The Morgan fingerprint density at radius 1 is 1.29 bits per heavy atom. The van der Waals surface area contributed by atoms with Crippen LogP contribution in [0.15, 0.2) is 42.7 Å². The van der Waals surface area contributed by atoms with E-state index in [0.717, 1.165) is 36.5 Å². The second-order valence-electron chi connectivity index (χ2n) is 6.95. The predicted molar refractivity (Wildman–Crippen MR) is 104 cm³/mol. The number of nitrogens with one attached hydrogen (secondary N) is 1. The fourth-order valence-corrected chi connectivity index (χ4v) is 3.28. The molecular weight excluding hydrogens is 354 g/mol. The van der Waals surface area contributed by atoms with E-state index in [9.17, 15) is 4.79 Å². The van der Waals surface area contributed by atoms with Gasteiger partial charge in [-0.15, -0.1) is 0 Å². The van der Waals surface area contributed by atoms with Crippen LogP contribution in [-0.4, -0.2) is 31.7 Å². The van der Waals surface area contributed by atoms with E-state index in [-0.39, 0.29) is 11.9 Å². The van der Waals surface area contributed by atoms with Gasteiger partial charge in [-0.2, -0.15) is 5.10 Å². The molecule has 0 saturated heterocycles. The number of aryl methyl sites for hydroxylation is 3. The Kier molecular flexibility index (Phi) is 5.06. The van der Waals surface area contributed by atoms with Crippen LogP contribution in [0.1, 0.15) is 40.9 Å². The van der Waals surface area contributed by atoms with Crippen LogP contribution < -0.4 is 10.1 Å². The van der Waals surface area contributed by atoms with Gasteiger partial charge in [-0.25, -0.2) is 9.67 Å². The van der Waals surface area contributed by atoms with Gasteiger partial charge >= 0.3 is 0 Å². The van der Waals surface area contributed by atoms with Crippen LogP contribution in [0.5, 0.6) is 11.5 Å². The minimum Gasteiger partial charge on any atom is -0.457 e. The van der Waals surface area contributed by atoms with Gasteiger partial charge in [0.05, 0.1) is 6.54 Å². The Morgan fingerprint density at radius 3 is 2.89 bits per heavy atom. The van der Waals surface area contributed by atoms with Gasteiger partial charge in [0.1, 0.15) is 17.3 Å². The van der Waals surface area contributed by atoms with Gasteiger partial charge in [0.2, 0.25) is 0 Å². The number of benzene rings is 1. The molecular formula is C21H23N5O2. The number of hydrogen-bond donors (Lipinski definition) is 1. The van der Waals surface area contributed by atoms with Crippen LogP contribution >= 0.6 is 0 Å². The molecule has 0 aliphatic carbocycles. The summed E-state index contributed by atoms with van der Waals surface area (Å²) in [6, 6.07) is 9.11. The van der Waals surface area contributed by atoms with Crippen molar-refractivity contribution in [2.45, 2.75) is 45.7 Å². The van der Waals surface area contributed by atoms with Crippen LogP contribution in [0.4, 0.5) is 0 Å². The molecule has 1 N–H and O–H groups in total. The molecule has 7 nitrogen and oxygen atoms in total. The molecule has 144 valence electrons. The first-order chi connectivity index (χ1) is 13.6. The number of fused-ring (bicyclic) bond motifs is 1. The van der Waals surface area contributed by atoms with Crippen LogP contribution in [0, 0.1) is 6.92 Å². The molecule has 0 fully saturated rings. The summed E-state index contributed by atoms with van der Waals surface area (Å²) < 4.78 is 7.83. The smallest absolute Gasteiger partial charge is 0.251 e. The van der Waals surface area contributed by atoms with Gasteiger partial charge in [0, 0.05) is 36.8 Å². The fraction of sp³-hybridized carbons (Fsp3) is 0.333. The summed E-state index contributed by atoms with van der Waals surface area (Å²) in [5.41, 5.74) is 1.54. The lowest BCUT2D eigenvalue weighted by Gasteiger charge is -2.23. The molecule has 1 amide bonds. The normalized spacial score (nSPS) is 15.7. The lowest BCUT2D eigenvalue weighted by molar-refractivity contribution is 0.0926. The van der Waals surface area contributed by atoms with Crippen molar-refractivity contribution in [1.82, 2.24) is 25.1 Å². The van der Waals surface area contributed by atoms with E-state index in [0.29, 0.717) is 23.6 Å². The average molecular weight is 377 g/mol. The zero-order valence-corrected chi connectivity index (χ0v) is 16.1. The minimum atomic E-state index is -0.108. The van der Waals surface area contributed by atoms with Gasteiger partial charge in [0.25, 0.3) is 5.91 Å². The maximum atomic E-state index is 12.8. The third kappa shape index (κ3) is 3.88. The first-order valence-corrected chi connectivity index (χ1v) is 9.54. The quantitative estimate of drug-likeness (QED) is 0.739. The van der Waals surface area contributed by atoms with E-state index >= 15 is 0 Å². The second kappa shape index (κ2) is 7.80. The molecule has 1 aliphatic rings. The van der Waals surface area contributed by atoms with Crippen LogP contribution in [-0.2, 0) is 19.4 Å². The van der Waals surface area contributed by atoms with Crippen molar-refractivity contribution in [1.29, 1.82) is 0 Å². The summed E-state index contributed by atoms with van der Waals surface area (Å²) in [6.07, 6.45) is 5.85. The van der Waals surface area contributed by atoms with Crippen LogP contribution in [0.3, 0.4) is 0 Å². The van der Waals surface area contributed by atoms with Crippen molar-refractivity contribution in [3.8, 4) is 11.5 Å². The number of ether oxygens (including phenoxy) is 1. The summed E-state index contributed by atoms with van der Waals surface area (Å²) in [5, 5.41) is 7.62. The van der Waals surface area contributed by atoms with E-state index < -0.39 is 0 Å². The first-order valence-electron chi connectivity index (χ1n) is 9.54. The van der Waals surface area contributed by atoms with Crippen molar-refractivity contribution in [3.63, 3.8) is 0 Å². The molecule has 28 heavy (non-hydrogen) atoms. The number of pyridine rings is 1. The third-order valence-electron chi connectivity index (χ3n) is 4.88. The van der Waals surface area contributed by atoms with Gasteiger partial charge in [-0.05, 0) is 43.2 Å². The molecule has 3 aromatic rings. The largest absolute Gasteiger partial charge is 0.457 e. The van der Waals surface area contributed by atoms with E-state index in [1.54, 1.807) is 30.6 Å². The number of carbonyl (C=O) groups is 1. The first kappa shape index (κ1) is 18.2. The molecule has 0 radical (unpaired) electrons. The molecule has 4 rings (SSSR count).